The molecular formula is C15H21F3N4O2. The average molecular weight is 346 g/mol. The van der Waals surface area contributed by atoms with Crippen LogP contribution in [0.2, 0.25) is 0 Å². The van der Waals surface area contributed by atoms with E-state index in [1.54, 1.807) is 0 Å². The van der Waals surface area contributed by atoms with Gasteiger partial charge in [-0.2, -0.15) is 18.3 Å². The lowest BCUT2D eigenvalue weighted by atomic mass is 9.98. The van der Waals surface area contributed by atoms with Gasteiger partial charge in [0.2, 0.25) is 0 Å². The van der Waals surface area contributed by atoms with Gasteiger partial charge < -0.3 is 9.64 Å². The zero-order chi connectivity index (χ0) is 17.5. The highest BCUT2D eigenvalue weighted by Crippen LogP contribution is 2.32. The Morgan fingerprint density at radius 1 is 1.42 bits per heavy atom. The molecule has 6 nitrogen and oxygen atoms in total. The SMILES string of the molecule is CCN1CCO[C@H]2CCN(C(=O)c3cn(C)nc3C(F)(F)F)C[C@@H]21. The molecule has 3 heterocycles. The van der Waals surface area contributed by atoms with Crippen LogP contribution < -0.4 is 0 Å². The first-order valence-electron chi connectivity index (χ1n) is 8.07. The normalized spacial score (nSPS) is 25.6. The summed E-state index contributed by atoms with van der Waals surface area (Å²) in [6, 6.07) is 0.0347. The molecule has 2 aliphatic rings. The maximum atomic E-state index is 13.1. The Bertz CT molecular complexity index is 610. The van der Waals surface area contributed by atoms with Crippen LogP contribution in [0.25, 0.3) is 0 Å². The molecule has 0 spiro atoms. The Morgan fingerprint density at radius 3 is 2.83 bits per heavy atom. The molecule has 2 atom stereocenters. The van der Waals surface area contributed by atoms with Crippen LogP contribution in [0.3, 0.4) is 0 Å². The number of hydrogen-bond acceptors (Lipinski definition) is 4. The van der Waals surface area contributed by atoms with E-state index in [-0.39, 0.29) is 17.7 Å². The van der Waals surface area contributed by atoms with Gasteiger partial charge in [-0.1, -0.05) is 6.92 Å². The minimum atomic E-state index is -4.64. The van der Waals surface area contributed by atoms with Crippen LogP contribution in [0.1, 0.15) is 29.4 Å². The molecule has 24 heavy (non-hydrogen) atoms. The highest BCUT2D eigenvalue weighted by molar-refractivity contribution is 5.95. The number of likely N-dealkylation sites (tertiary alicyclic amines) is 1. The van der Waals surface area contributed by atoms with Gasteiger partial charge in [0.1, 0.15) is 0 Å². The van der Waals surface area contributed by atoms with E-state index in [9.17, 15) is 18.0 Å². The summed E-state index contributed by atoms with van der Waals surface area (Å²) in [5, 5.41) is 3.42. The number of piperidine rings is 1. The number of alkyl halides is 3. The fraction of sp³-hybridized carbons (Fsp3) is 0.733. The summed E-state index contributed by atoms with van der Waals surface area (Å²) >= 11 is 0. The number of ether oxygens (including phenoxy) is 1. The summed E-state index contributed by atoms with van der Waals surface area (Å²) in [7, 11) is 1.38. The van der Waals surface area contributed by atoms with Crippen molar-refractivity contribution in [3.8, 4) is 0 Å². The number of aromatic nitrogens is 2. The van der Waals surface area contributed by atoms with E-state index < -0.39 is 17.8 Å². The predicted molar refractivity (Wildman–Crippen MR) is 79.5 cm³/mol. The molecule has 3 rings (SSSR count). The number of carbonyl (C=O) groups excluding carboxylic acids is 1. The molecule has 0 aliphatic carbocycles. The molecule has 0 unspecified atom stereocenters. The Hall–Kier alpha value is -1.61. The fourth-order valence-electron chi connectivity index (χ4n) is 3.54. The Balaban J connectivity index is 1.81. The van der Waals surface area contributed by atoms with Gasteiger partial charge >= 0.3 is 6.18 Å². The van der Waals surface area contributed by atoms with E-state index in [4.69, 9.17) is 4.74 Å². The van der Waals surface area contributed by atoms with Crippen LogP contribution in [-0.4, -0.2) is 70.4 Å². The van der Waals surface area contributed by atoms with Crippen LogP contribution in [-0.2, 0) is 18.0 Å². The predicted octanol–water partition coefficient (Wildman–Crippen LogP) is 1.37. The summed E-state index contributed by atoms with van der Waals surface area (Å²) in [6.07, 6.45) is -2.83. The van der Waals surface area contributed by atoms with E-state index in [2.05, 4.69) is 10.00 Å². The zero-order valence-electron chi connectivity index (χ0n) is 13.7. The van der Waals surface area contributed by atoms with E-state index in [1.807, 2.05) is 6.92 Å². The molecule has 1 aromatic rings. The molecule has 134 valence electrons. The molecule has 2 fully saturated rings. The zero-order valence-corrected chi connectivity index (χ0v) is 13.7. The molecule has 9 heteroatoms. The third-order valence-corrected chi connectivity index (χ3v) is 4.72. The molecule has 1 amide bonds. The van der Waals surface area contributed by atoms with Crippen molar-refractivity contribution in [2.24, 2.45) is 7.05 Å². The lowest BCUT2D eigenvalue weighted by Crippen LogP contribution is -2.60. The number of rotatable bonds is 2. The van der Waals surface area contributed by atoms with Crippen molar-refractivity contribution in [3.05, 3.63) is 17.5 Å². The van der Waals surface area contributed by atoms with Crippen molar-refractivity contribution < 1.29 is 22.7 Å². The number of hydrogen-bond donors (Lipinski definition) is 0. The van der Waals surface area contributed by atoms with Gasteiger partial charge in [-0.15, -0.1) is 0 Å². The van der Waals surface area contributed by atoms with Gasteiger partial charge in [-0.25, -0.2) is 0 Å². The minimum absolute atomic E-state index is 0.0347. The molecule has 0 aromatic carbocycles. The Labute approximate surface area is 138 Å². The minimum Gasteiger partial charge on any atom is -0.375 e. The summed E-state index contributed by atoms with van der Waals surface area (Å²) in [5.74, 6) is -0.615. The van der Waals surface area contributed by atoms with Crippen molar-refractivity contribution in [2.75, 3.05) is 32.8 Å². The summed E-state index contributed by atoms with van der Waals surface area (Å²) in [4.78, 5) is 16.4. The number of morpholine rings is 1. The lowest BCUT2D eigenvalue weighted by molar-refractivity contribution is -0.142. The van der Waals surface area contributed by atoms with Gasteiger partial charge in [0.25, 0.3) is 5.91 Å². The monoisotopic (exact) mass is 346 g/mol. The van der Waals surface area contributed by atoms with Crippen molar-refractivity contribution in [3.63, 3.8) is 0 Å². The molecular weight excluding hydrogens is 325 g/mol. The van der Waals surface area contributed by atoms with Gasteiger partial charge in [0.15, 0.2) is 5.69 Å². The first kappa shape index (κ1) is 17.2. The highest BCUT2D eigenvalue weighted by atomic mass is 19.4. The van der Waals surface area contributed by atoms with Gasteiger partial charge in [0, 0.05) is 32.9 Å². The van der Waals surface area contributed by atoms with E-state index in [0.717, 1.165) is 24.0 Å². The second-order valence-corrected chi connectivity index (χ2v) is 6.21. The van der Waals surface area contributed by atoms with E-state index in [1.165, 1.54) is 11.9 Å². The fourth-order valence-corrected chi connectivity index (χ4v) is 3.54. The van der Waals surface area contributed by atoms with Crippen molar-refractivity contribution in [1.29, 1.82) is 0 Å². The van der Waals surface area contributed by atoms with Crippen molar-refractivity contribution >= 4 is 5.91 Å². The van der Waals surface area contributed by atoms with Crippen LogP contribution in [0.4, 0.5) is 13.2 Å². The Morgan fingerprint density at radius 2 is 2.17 bits per heavy atom. The second-order valence-electron chi connectivity index (χ2n) is 6.21. The molecule has 2 saturated heterocycles. The number of aryl methyl sites for hydroxylation is 1. The van der Waals surface area contributed by atoms with Crippen LogP contribution in [0.5, 0.6) is 0 Å². The summed E-state index contributed by atoms with van der Waals surface area (Å²) in [5.41, 5.74) is -1.51. The van der Waals surface area contributed by atoms with Crippen LogP contribution in [0.15, 0.2) is 6.20 Å². The highest BCUT2D eigenvalue weighted by Gasteiger charge is 2.42. The van der Waals surface area contributed by atoms with Crippen molar-refractivity contribution in [1.82, 2.24) is 19.6 Å². The smallest absolute Gasteiger partial charge is 0.375 e. The third kappa shape index (κ3) is 3.14. The molecule has 0 radical (unpaired) electrons. The first-order valence-corrected chi connectivity index (χ1v) is 8.07. The van der Waals surface area contributed by atoms with Crippen LogP contribution >= 0.6 is 0 Å². The molecule has 0 bridgehead atoms. The van der Waals surface area contributed by atoms with Crippen molar-refractivity contribution in [2.45, 2.75) is 31.7 Å². The largest absolute Gasteiger partial charge is 0.435 e. The number of carbonyl (C=O) groups is 1. The maximum absolute atomic E-state index is 13.1. The number of amides is 1. The molecule has 0 saturated carbocycles. The number of likely N-dealkylation sites (N-methyl/N-ethyl adjacent to an activating group) is 1. The van der Waals surface area contributed by atoms with Gasteiger partial charge in [-0.05, 0) is 13.0 Å². The van der Waals surface area contributed by atoms with E-state index >= 15 is 0 Å². The third-order valence-electron chi connectivity index (χ3n) is 4.72. The lowest BCUT2D eigenvalue weighted by Gasteiger charge is -2.46. The number of halogens is 3. The Kier molecular flexibility index (Phi) is 4.56. The van der Waals surface area contributed by atoms with E-state index in [0.29, 0.717) is 26.1 Å². The quantitative estimate of drug-likeness (QED) is 0.812. The van der Waals surface area contributed by atoms with Gasteiger partial charge in [0.05, 0.1) is 24.3 Å². The topological polar surface area (TPSA) is 50.6 Å². The molecule has 0 N–H and O–H groups in total. The first-order chi connectivity index (χ1) is 11.3. The standard InChI is InChI=1S/C15H21F3N4O2/c1-3-21-6-7-24-12-4-5-22(9-11(12)21)14(23)10-8-20(2)19-13(10)15(16,17)18/h8,11-12H,3-7,9H2,1-2H3/t11-,12-/m0/s1. The average Bonchev–Trinajstić information content (AvgIpc) is 2.95. The number of fused-ring (bicyclic) bond motifs is 1. The summed E-state index contributed by atoms with van der Waals surface area (Å²) < 4.78 is 46.1. The second kappa shape index (κ2) is 6.36. The van der Waals surface area contributed by atoms with Gasteiger partial charge in [-0.3, -0.25) is 14.4 Å². The summed E-state index contributed by atoms with van der Waals surface area (Å²) in [6.45, 7) is 5.07. The molecule has 1 aromatic heterocycles. The maximum Gasteiger partial charge on any atom is 0.435 e. The van der Waals surface area contributed by atoms with Crippen LogP contribution in [0, 0.1) is 0 Å². The molecule has 2 aliphatic heterocycles. The number of nitrogens with zero attached hydrogens (tertiary/aromatic N) is 4.